The molecule has 0 aromatic rings. The van der Waals surface area contributed by atoms with Gasteiger partial charge in [0, 0.05) is 19.5 Å². The van der Waals surface area contributed by atoms with Gasteiger partial charge in [0.2, 0.25) is 5.91 Å². The van der Waals surface area contributed by atoms with Gasteiger partial charge in [-0.1, -0.05) is 0 Å². The number of amides is 1. The van der Waals surface area contributed by atoms with Gasteiger partial charge in [0.1, 0.15) is 6.04 Å². The minimum Gasteiger partial charge on any atom is -0.481 e. The van der Waals surface area contributed by atoms with Crippen molar-refractivity contribution >= 4 is 17.7 Å². The molecule has 0 bridgehead atoms. The smallest absolute Gasteiger partial charge is 0.345 e. The maximum atomic E-state index is 12.3. The minimum absolute atomic E-state index is 0.126. The fourth-order valence-corrected chi connectivity index (χ4v) is 2.38. The molecule has 0 spiro atoms. The second-order valence-corrected chi connectivity index (χ2v) is 5.90. The molecule has 162 valence electrons. The molecule has 2 atom stereocenters. The van der Waals surface area contributed by atoms with Crippen molar-refractivity contribution in [3.05, 3.63) is 0 Å². The highest BCUT2D eigenvalue weighted by Gasteiger charge is 2.29. The van der Waals surface area contributed by atoms with Crippen molar-refractivity contribution in [2.45, 2.75) is 25.7 Å². The Balaban J connectivity index is 2.67. The first-order chi connectivity index (χ1) is 13.2. The Bertz CT molecular complexity index is 519. The zero-order valence-electron chi connectivity index (χ0n) is 14.8. The van der Waals surface area contributed by atoms with E-state index in [0.717, 1.165) is 0 Å². The number of carbonyl (C=O) groups excluding carboxylic acids is 2. The lowest BCUT2D eigenvalue weighted by Gasteiger charge is -2.27. The van der Waals surface area contributed by atoms with Gasteiger partial charge in [-0.15, -0.1) is 0 Å². The molecule has 1 rings (SSSR count). The first-order valence-corrected chi connectivity index (χ1v) is 8.33. The summed E-state index contributed by atoms with van der Waals surface area (Å²) in [6.45, 7) is -6.68. The number of aliphatic carboxylic acids is 1. The van der Waals surface area contributed by atoms with E-state index >= 15 is 0 Å². The van der Waals surface area contributed by atoms with Gasteiger partial charge in [0.25, 0.3) is 0 Å². The Hall–Kier alpha value is -1.83. The third-order valence-electron chi connectivity index (χ3n) is 3.80. The summed E-state index contributed by atoms with van der Waals surface area (Å²) in [6.07, 6.45) is -0.808. The van der Waals surface area contributed by atoms with Gasteiger partial charge in [0.15, 0.2) is 5.78 Å². The first kappa shape index (κ1) is 24.2. The molecule has 1 saturated heterocycles. The van der Waals surface area contributed by atoms with E-state index in [4.69, 9.17) is 9.84 Å². The number of carboxylic acids is 1. The Morgan fingerprint density at radius 2 is 1.61 bits per heavy atom. The molecule has 28 heavy (non-hydrogen) atoms. The highest BCUT2D eigenvalue weighted by Crippen LogP contribution is 2.11. The number of halogens is 4. The number of morpholine rings is 1. The summed E-state index contributed by atoms with van der Waals surface area (Å²) in [5, 5.41) is 11.2. The van der Waals surface area contributed by atoms with Gasteiger partial charge in [-0.25, -0.2) is 0 Å². The molecular formula is C15H22F4N2O7. The predicted molar refractivity (Wildman–Crippen MR) is 83.9 cm³/mol. The third-order valence-corrected chi connectivity index (χ3v) is 3.80. The van der Waals surface area contributed by atoms with E-state index in [2.05, 4.69) is 14.8 Å². The lowest BCUT2D eigenvalue weighted by molar-refractivity contribution is -0.162. The van der Waals surface area contributed by atoms with E-state index in [9.17, 15) is 31.9 Å². The minimum atomic E-state index is -3.23. The van der Waals surface area contributed by atoms with Gasteiger partial charge >= 0.3 is 19.2 Å². The number of hydrogen-bond acceptors (Lipinski definition) is 7. The van der Waals surface area contributed by atoms with E-state index in [-0.39, 0.29) is 6.54 Å². The van der Waals surface area contributed by atoms with Crippen LogP contribution in [0.3, 0.4) is 0 Å². The van der Waals surface area contributed by atoms with Gasteiger partial charge < -0.3 is 24.6 Å². The normalized spacial score (nSPS) is 17.5. The van der Waals surface area contributed by atoms with Crippen LogP contribution in [0.15, 0.2) is 0 Å². The van der Waals surface area contributed by atoms with E-state index < -0.39 is 62.5 Å². The van der Waals surface area contributed by atoms with E-state index in [1.807, 2.05) is 0 Å². The molecule has 2 N–H and O–H groups in total. The van der Waals surface area contributed by atoms with Crippen LogP contribution in [0.4, 0.5) is 17.6 Å². The highest BCUT2D eigenvalue weighted by molar-refractivity contribution is 5.91. The molecule has 0 aromatic carbocycles. The topological polar surface area (TPSA) is 114 Å². The summed E-state index contributed by atoms with van der Waals surface area (Å²) in [4.78, 5) is 37.1. The lowest BCUT2D eigenvalue weighted by Crippen LogP contribution is -2.50. The molecule has 0 saturated carbocycles. The fraction of sp³-hybridized carbons (Fsp3) is 0.800. The van der Waals surface area contributed by atoms with Crippen LogP contribution in [0.2, 0.25) is 0 Å². The highest BCUT2D eigenvalue weighted by atomic mass is 19.3. The number of carboxylic acid groups (broad SMARTS) is 1. The van der Waals surface area contributed by atoms with Crippen LogP contribution in [0.5, 0.6) is 0 Å². The third kappa shape index (κ3) is 9.92. The van der Waals surface area contributed by atoms with Crippen molar-refractivity contribution in [3.8, 4) is 0 Å². The molecule has 1 heterocycles. The monoisotopic (exact) mass is 418 g/mol. The lowest BCUT2D eigenvalue weighted by atomic mass is 9.99. The molecule has 9 nitrogen and oxygen atoms in total. The number of ether oxygens (including phenoxy) is 3. The van der Waals surface area contributed by atoms with Gasteiger partial charge in [-0.05, 0) is 0 Å². The summed E-state index contributed by atoms with van der Waals surface area (Å²) in [5.74, 6) is -4.83. The summed E-state index contributed by atoms with van der Waals surface area (Å²) >= 11 is 0. The molecule has 0 unspecified atom stereocenters. The molecule has 1 aliphatic rings. The number of Topliss-reactive ketones (excluding diaryl/α,β-unsaturated/α-hetero) is 1. The number of nitrogens with zero attached hydrogens (tertiary/aromatic N) is 1. The second kappa shape index (κ2) is 12.6. The van der Waals surface area contributed by atoms with E-state index in [1.165, 1.54) is 0 Å². The van der Waals surface area contributed by atoms with Gasteiger partial charge in [-0.3, -0.25) is 19.3 Å². The Morgan fingerprint density at radius 3 is 2.14 bits per heavy atom. The SMILES string of the molecule is O=C(CN1CCOCC1)N[C@@H](COC(F)F)C(=O)C[C@@H](COC(F)F)C(=O)O. The average molecular weight is 418 g/mol. The van der Waals surface area contributed by atoms with Crippen LogP contribution in [0, 0.1) is 5.92 Å². The van der Waals surface area contributed by atoms with Crippen molar-refractivity contribution in [2.24, 2.45) is 5.92 Å². The second-order valence-electron chi connectivity index (χ2n) is 5.90. The summed E-state index contributed by atoms with van der Waals surface area (Å²) in [6, 6.07) is -1.56. The Labute approximate surface area is 157 Å². The van der Waals surface area contributed by atoms with Crippen molar-refractivity contribution in [1.82, 2.24) is 10.2 Å². The van der Waals surface area contributed by atoms with Crippen molar-refractivity contribution in [1.29, 1.82) is 0 Å². The molecule has 0 radical (unpaired) electrons. The fourth-order valence-electron chi connectivity index (χ4n) is 2.38. The standard InChI is InChI=1S/C15H22F4N2O7/c16-14(17)27-7-9(13(24)25)5-11(22)10(8-28-15(18)19)20-12(23)6-21-1-3-26-4-2-21/h9-10,14-15H,1-8H2,(H,20,23)(H,24,25)/t9-,10-/m0/s1. The number of rotatable bonds is 13. The number of carbonyl (C=O) groups is 3. The largest absolute Gasteiger partial charge is 0.481 e. The Morgan fingerprint density at radius 1 is 1.04 bits per heavy atom. The van der Waals surface area contributed by atoms with E-state index in [0.29, 0.717) is 26.3 Å². The number of ketones is 1. The molecule has 13 heteroatoms. The molecular weight excluding hydrogens is 396 g/mol. The zero-order valence-corrected chi connectivity index (χ0v) is 14.8. The predicted octanol–water partition coefficient (Wildman–Crippen LogP) is -0.0582. The maximum absolute atomic E-state index is 12.3. The van der Waals surface area contributed by atoms with Crippen LogP contribution >= 0.6 is 0 Å². The van der Waals surface area contributed by atoms with Crippen LogP contribution in [-0.4, -0.2) is 93.0 Å². The molecule has 1 amide bonds. The molecule has 0 aromatic heterocycles. The van der Waals surface area contributed by atoms with Crippen LogP contribution in [0.1, 0.15) is 6.42 Å². The quantitative estimate of drug-likeness (QED) is 0.400. The molecule has 0 aliphatic carbocycles. The van der Waals surface area contributed by atoms with Crippen LogP contribution in [-0.2, 0) is 28.6 Å². The van der Waals surface area contributed by atoms with Crippen molar-refractivity contribution < 1.29 is 51.3 Å². The first-order valence-electron chi connectivity index (χ1n) is 8.33. The van der Waals surface area contributed by atoms with Crippen LogP contribution < -0.4 is 5.32 Å². The molecule has 1 fully saturated rings. The summed E-state index contributed by atoms with van der Waals surface area (Å²) < 4.78 is 61.9. The summed E-state index contributed by atoms with van der Waals surface area (Å²) in [7, 11) is 0. The average Bonchev–Trinajstić information content (AvgIpc) is 2.62. The zero-order chi connectivity index (χ0) is 21.1. The number of alkyl halides is 4. The van der Waals surface area contributed by atoms with Crippen molar-refractivity contribution in [3.63, 3.8) is 0 Å². The summed E-state index contributed by atoms with van der Waals surface area (Å²) in [5.41, 5.74) is 0. The van der Waals surface area contributed by atoms with E-state index in [1.54, 1.807) is 4.90 Å². The van der Waals surface area contributed by atoms with Gasteiger partial charge in [0.05, 0.1) is 38.9 Å². The maximum Gasteiger partial charge on any atom is 0.345 e. The number of nitrogens with one attached hydrogen (secondary N) is 1. The molecule has 1 aliphatic heterocycles. The number of hydrogen-bond donors (Lipinski definition) is 2. The van der Waals surface area contributed by atoms with Gasteiger partial charge in [-0.2, -0.15) is 17.6 Å². The van der Waals surface area contributed by atoms with Crippen LogP contribution in [0.25, 0.3) is 0 Å². The Kier molecular flexibility index (Phi) is 10.9. The van der Waals surface area contributed by atoms with Crippen molar-refractivity contribution in [2.75, 3.05) is 46.1 Å².